The zero-order valence-corrected chi connectivity index (χ0v) is 17.6. The second kappa shape index (κ2) is 10.6. The van der Waals surface area contributed by atoms with Crippen LogP contribution in [0.25, 0.3) is 0 Å². The van der Waals surface area contributed by atoms with Gasteiger partial charge < -0.3 is 14.2 Å². The Labute approximate surface area is 179 Å². The van der Waals surface area contributed by atoms with Crippen LogP contribution >= 0.6 is 0 Å². The van der Waals surface area contributed by atoms with Crippen LogP contribution in [0.1, 0.15) is 69.3 Å². The first-order valence-corrected chi connectivity index (χ1v) is 11.4. The number of carbonyl (C=O) groups is 1. The minimum absolute atomic E-state index is 0.0576. The number of ether oxygens (including phenoxy) is 3. The molecular formula is C26H32O4. The molecule has 0 heterocycles. The van der Waals surface area contributed by atoms with Gasteiger partial charge in [0.25, 0.3) is 0 Å². The summed E-state index contributed by atoms with van der Waals surface area (Å²) in [4.78, 5) is 12.3. The third kappa shape index (κ3) is 5.85. The van der Waals surface area contributed by atoms with Gasteiger partial charge in [-0.2, -0.15) is 0 Å². The highest BCUT2D eigenvalue weighted by Gasteiger charge is 2.24. The molecule has 0 spiro atoms. The number of hydrogen-bond acceptors (Lipinski definition) is 4. The fourth-order valence-corrected chi connectivity index (χ4v) is 4.62. The molecule has 0 aromatic heterocycles. The Morgan fingerprint density at radius 1 is 0.767 bits per heavy atom. The molecular weight excluding hydrogens is 376 g/mol. The summed E-state index contributed by atoms with van der Waals surface area (Å²) in [5, 5.41) is 0. The van der Waals surface area contributed by atoms with Gasteiger partial charge in [-0.25, -0.2) is 0 Å². The second-order valence-corrected chi connectivity index (χ2v) is 8.54. The van der Waals surface area contributed by atoms with Crippen LogP contribution < -0.4 is 9.47 Å². The number of benzene rings is 2. The first-order chi connectivity index (χ1) is 14.8. The summed E-state index contributed by atoms with van der Waals surface area (Å²) < 4.78 is 17.2. The third-order valence-corrected chi connectivity index (χ3v) is 6.46. The number of hydrogen-bond donors (Lipinski definition) is 0. The van der Waals surface area contributed by atoms with E-state index in [0.717, 1.165) is 57.1 Å². The van der Waals surface area contributed by atoms with Crippen LogP contribution in [0.15, 0.2) is 54.6 Å². The molecule has 4 nitrogen and oxygen atoms in total. The van der Waals surface area contributed by atoms with Crippen LogP contribution in [0.5, 0.6) is 11.5 Å². The standard InChI is InChI=1S/C26H32O4/c27-26(22-7-3-1-4-8-22)30-25-17-13-21(14-18-25)20-11-15-24(16-12-20)29-19-28-23-9-5-2-6-10-23/h2,5-6,9-10,13-14,17-18,20,22,24H,1,3-4,7-8,11-12,15-16,19H2. The van der Waals surface area contributed by atoms with Gasteiger partial charge in [0.2, 0.25) is 0 Å². The molecule has 30 heavy (non-hydrogen) atoms. The maximum atomic E-state index is 12.3. The molecule has 0 bridgehead atoms. The first kappa shape index (κ1) is 20.9. The SMILES string of the molecule is O=C(Oc1ccc(C2CCC(OCOc3ccccc3)CC2)cc1)C1CCCCC1. The summed E-state index contributed by atoms with van der Waals surface area (Å²) in [6.07, 6.45) is 10.0. The monoisotopic (exact) mass is 408 g/mol. The molecule has 2 aromatic carbocycles. The molecule has 4 heteroatoms. The van der Waals surface area contributed by atoms with E-state index < -0.39 is 0 Å². The van der Waals surface area contributed by atoms with E-state index in [9.17, 15) is 4.79 Å². The van der Waals surface area contributed by atoms with Crippen LogP contribution in [0.2, 0.25) is 0 Å². The Kier molecular flexibility index (Phi) is 7.41. The predicted molar refractivity (Wildman–Crippen MR) is 117 cm³/mol. The van der Waals surface area contributed by atoms with Gasteiger partial charge in [-0.1, -0.05) is 49.6 Å². The predicted octanol–water partition coefficient (Wildman–Crippen LogP) is 6.25. The Morgan fingerprint density at radius 2 is 1.47 bits per heavy atom. The smallest absolute Gasteiger partial charge is 0.314 e. The van der Waals surface area contributed by atoms with E-state index in [4.69, 9.17) is 14.2 Å². The van der Waals surface area contributed by atoms with E-state index >= 15 is 0 Å². The Balaban J connectivity index is 1.19. The van der Waals surface area contributed by atoms with E-state index in [-0.39, 0.29) is 18.0 Å². The van der Waals surface area contributed by atoms with Gasteiger partial charge in [-0.15, -0.1) is 0 Å². The van der Waals surface area contributed by atoms with E-state index in [2.05, 4.69) is 12.1 Å². The minimum Gasteiger partial charge on any atom is -0.468 e. The van der Waals surface area contributed by atoms with Crippen molar-refractivity contribution in [1.29, 1.82) is 0 Å². The highest BCUT2D eigenvalue weighted by Crippen LogP contribution is 2.35. The molecule has 160 valence electrons. The number of carbonyl (C=O) groups excluding carboxylic acids is 1. The molecule has 0 amide bonds. The lowest BCUT2D eigenvalue weighted by molar-refractivity contribution is -0.139. The highest BCUT2D eigenvalue weighted by molar-refractivity contribution is 5.75. The van der Waals surface area contributed by atoms with E-state index in [1.54, 1.807) is 0 Å². The molecule has 0 saturated heterocycles. The molecule has 0 radical (unpaired) electrons. The fourth-order valence-electron chi connectivity index (χ4n) is 4.62. The lowest BCUT2D eigenvalue weighted by atomic mass is 9.83. The van der Waals surface area contributed by atoms with Gasteiger partial charge in [0.1, 0.15) is 11.5 Å². The van der Waals surface area contributed by atoms with Crippen LogP contribution in [0.3, 0.4) is 0 Å². The maximum Gasteiger partial charge on any atom is 0.314 e. The van der Waals surface area contributed by atoms with Gasteiger partial charge in [0, 0.05) is 0 Å². The van der Waals surface area contributed by atoms with E-state index in [0.29, 0.717) is 18.5 Å². The van der Waals surface area contributed by atoms with Crippen molar-refractivity contribution in [3.63, 3.8) is 0 Å². The lowest BCUT2D eigenvalue weighted by Crippen LogP contribution is -2.23. The van der Waals surface area contributed by atoms with Crippen molar-refractivity contribution in [2.24, 2.45) is 5.92 Å². The summed E-state index contributed by atoms with van der Waals surface area (Å²) in [5.41, 5.74) is 1.33. The van der Waals surface area contributed by atoms with Gasteiger partial charge in [-0.3, -0.25) is 4.79 Å². The summed E-state index contributed by atoms with van der Waals surface area (Å²) in [5.74, 6) is 2.08. The largest absolute Gasteiger partial charge is 0.468 e. The molecule has 4 rings (SSSR count). The van der Waals surface area contributed by atoms with Crippen LogP contribution in [-0.2, 0) is 9.53 Å². The molecule has 2 aliphatic carbocycles. The fraction of sp³-hybridized carbons (Fsp3) is 0.500. The van der Waals surface area contributed by atoms with E-state index in [1.165, 1.54) is 12.0 Å². The number of esters is 1. The zero-order valence-electron chi connectivity index (χ0n) is 17.6. The average Bonchev–Trinajstić information content (AvgIpc) is 2.81. The zero-order chi connectivity index (χ0) is 20.6. The molecule has 2 aromatic rings. The molecule has 0 aliphatic heterocycles. The molecule has 0 unspecified atom stereocenters. The van der Waals surface area contributed by atoms with Crippen molar-refractivity contribution in [2.45, 2.75) is 69.8 Å². The minimum atomic E-state index is -0.0576. The molecule has 0 N–H and O–H groups in total. The molecule has 2 fully saturated rings. The topological polar surface area (TPSA) is 44.8 Å². The Hall–Kier alpha value is -2.33. The van der Waals surface area contributed by atoms with Crippen LogP contribution in [-0.4, -0.2) is 18.9 Å². The van der Waals surface area contributed by atoms with Crippen molar-refractivity contribution in [2.75, 3.05) is 6.79 Å². The first-order valence-electron chi connectivity index (χ1n) is 11.4. The normalized spacial score (nSPS) is 22.4. The summed E-state index contributed by atoms with van der Waals surface area (Å²) in [6.45, 7) is 0.306. The lowest BCUT2D eigenvalue weighted by Gasteiger charge is -2.28. The summed E-state index contributed by atoms with van der Waals surface area (Å²) in [7, 11) is 0. The van der Waals surface area contributed by atoms with Crippen molar-refractivity contribution in [3.8, 4) is 11.5 Å². The number of rotatable bonds is 7. The summed E-state index contributed by atoms with van der Waals surface area (Å²) in [6, 6.07) is 17.9. The number of para-hydroxylation sites is 1. The van der Waals surface area contributed by atoms with Gasteiger partial charge >= 0.3 is 5.97 Å². The summed E-state index contributed by atoms with van der Waals surface area (Å²) >= 11 is 0. The van der Waals surface area contributed by atoms with Crippen molar-refractivity contribution < 1.29 is 19.0 Å². The van der Waals surface area contributed by atoms with Crippen molar-refractivity contribution in [3.05, 3.63) is 60.2 Å². The Bertz CT molecular complexity index is 772. The average molecular weight is 409 g/mol. The highest BCUT2D eigenvalue weighted by atomic mass is 16.7. The third-order valence-electron chi connectivity index (χ3n) is 6.46. The molecule has 0 atom stereocenters. The van der Waals surface area contributed by atoms with Crippen LogP contribution in [0, 0.1) is 5.92 Å². The van der Waals surface area contributed by atoms with Gasteiger partial charge in [-0.05, 0) is 74.3 Å². The van der Waals surface area contributed by atoms with Gasteiger partial charge in [0.15, 0.2) is 6.79 Å². The molecule has 2 aliphatic rings. The van der Waals surface area contributed by atoms with Gasteiger partial charge in [0.05, 0.1) is 12.0 Å². The van der Waals surface area contributed by atoms with E-state index in [1.807, 2.05) is 42.5 Å². The van der Waals surface area contributed by atoms with Crippen molar-refractivity contribution in [1.82, 2.24) is 0 Å². The van der Waals surface area contributed by atoms with Crippen molar-refractivity contribution >= 4 is 5.97 Å². The second-order valence-electron chi connectivity index (χ2n) is 8.54. The Morgan fingerprint density at radius 3 is 2.17 bits per heavy atom. The quantitative estimate of drug-likeness (QED) is 0.308. The van der Waals surface area contributed by atoms with Crippen LogP contribution in [0.4, 0.5) is 0 Å². The molecule has 2 saturated carbocycles. The maximum absolute atomic E-state index is 12.3.